The summed E-state index contributed by atoms with van der Waals surface area (Å²) in [6.07, 6.45) is 1.17. The van der Waals surface area contributed by atoms with Crippen LogP contribution in [0, 0.1) is 13.8 Å². The van der Waals surface area contributed by atoms with Gasteiger partial charge in [-0.25, -0.2) is 0 Å². The number of carbonyl (C=O) groups is 1. The molecule has 0 aliphatic carbocycles. The van der Waals surface area contributed by atoms with E-state index < -0.39 is 0 Å². The number of anilines is 1. The summed E-state index contributed by atoms with van der Waals surface area (Å²) in [5, 5.41) is 0. The first-order chi connectivity index (χ1) is 9.06. The van der Waals surface area contributed by atoms with Crippen molar-refractivity contribution in [3.05, 3.63) is 53.3 Å². The zero-order chi connectivity index (χ0) is 13.8. The molecule has 0 fully saturated rings. The molecule has 0 bridgehead atoms. The number of nitrogens with zero attached hydrogens (tertiary/aromatic N) is 1. The first-order valence-electron chi connectivity index (χ1n) is 6.35. The van der Waals surface area contributed by atoms with Crippen LogP contribution in [0.3, 0.4) is 0 Å². The molecule has 100 valence electrons. The Morgan fingerprint density at radius 2 is 1.68 bits per heavy atom. The van der Waals surface area contributed by atoms with Gasteiger partial charge in [-0.2, -0.15) is 0 Å². The Morgan fingerprint density at radius 3 is 2.26 bits per heavy atom. The fraction of sp³-hybridized carbons (Fsp3) is 0.267. The second-order valence-corrected chi connectivity index (χ2v) is 4.73. The van der Waals surface area contributed by atoms with E-state index in [1.807, 2.05) is 54.9 Å². The fourth-order valence-corrected chi connectivity index (χ4v) is 1.97. The average molecular weight is 257 g/mol. The number of nitrogens with two attached hydrogens (primary N) is 1. The SMILES string of the molecule is Cc1ccc(C)n1NC(=O)CCc1ccc(N)cc1. The maximum absolute atomic E-state index is 11.9. The predicted molar refractivity (Wildman–Crippen MR) is 77.4 cm³/mol. The molecule has 19 heavy (non-hydrogen) atoms. The van der Waals surface area contributed by atoms with Crippen LogP contribution in [0.4, 0.5) is 5.69 Å². The topological polar surface area (TPSA) is 60.0 Å². The van der Waals surface area contributed by atoms with Gasteiger partial charge in [-0.05, 0) is 50.1 Å². The van der Waals surface area contributed by atoms with Gasteiger partial charge in [-0.1, -0.05) is 12.1 Å². The Hall–Kier alpha value is -2.23. The van der Waals surface area contributed by atoms with Crippen molar-refractivity contribution in [3.63, 3.8) is 0 Å². The van der Waals surface area contributed by atoms with Crippen LogP contribution in [-0.4, -0.2) is 10.6 Å². The number of amides is 1. The molecule has 4 nitrogen and oxygen atoms in total. The standard InChI is InChI=1S/C15H19N3O/c1-11-3-4-12(2)18(11)17-15(19)10-7-13-5-8-14(16)9-6-13/h3-6,8-9H,7,10,16H2,1-2H3,(H,17,19). The molecule has 1 aromatic heterocycles. The molecular weight excluding hydrogens is 238 g/mol. The Bertz CT molecular complexity index is 550. The molecule has 1 aromatic carbocycles. The molecule has 0 saturated carbocycles. The Kier molecular flexibility index (Phi) is 3.90. The number of carbonyl (C=O) groups excluding carboxylic acids is 1. The van der Waals surface area contributed by atoms with Crippen molar-refractivity contribution < 1.29 is 4.79 Å². The number of benzene rings is 1. The van der Waals surface area contributed by atoms with E-state index in [-0.39, 0.29) is 5.91 Å². The third-order valence-electron chi connectivity index (χ3n) is 3.13. The van der Waals surface area contributed by atoms with Crippen molar-refractivity contribution in [2.45, 2.75) is 26.7 Å². The third-order valence-corrected chi connectivity index (χ3v) is 3.13. The lowest BCUT2D eigenvalue weighted by atomic mass is 10.1. The van der Waals surface area contributed by atoms with Gasteiger partial charge in [0.2, 0.25) is 5.91 Å². The Morgan fingerprint density at radius 1 is 1.11 bits per heavy atom. The van der Waals surface area contributed by atoms with Gasteiger partial charge >= 0.3 is 0 Å². The number of rotatable bonds is 4. The molecule has 2 aromatic rings. The second kappa shape index (κ2) is 5.61. The molecule has 4 heteroatoms. The maximum Gasteiger partial charge on any atom is 0.239 e. The van der Waals surface area contributed by atoms with Crippen LogP contribution in [0.1, 0.15) is 23.4 Å². The highest BCUT2D eigenvalue weighted by molar-refractivity contribution is 5.84. The summed E-state index contributed by atoms with van der Waals surface area (Å²) < 4.78 is 1.81. The summed E-state index contributed by atoms with van der Waals surface area (Å²) in [7, 11) is 0. The summed E-state index contributed by atoms with van der Waals surface area (Å²) in [6, 6.07) is 11.6. The molecular formula is C15H19N3O. The van der Waals surface area contributed by atoms with E-state index >= 15 is 0 Å². The van der Waals surface area contributed by atoms with Gasteiger partial charge in [0.1, 0.15) is 0 Å². The highest BCUT2D eigenvalue weighted by Gasteiger charge is 2.06. The number of nitrogens with one attached hydrogen (secondary N) is 1. The third kappa shape index (κ3) is 3.37. The summed E-state index contributed by atoms with van der Waals surface area (Å²) >= 11 is 0. The van der Waals surface area contributed by atoms with Crippen LogP contribution in [0.5, 0.6) is 0 Å². The molecule has 1 heterocycles. The van der Waals surface area contributed by atoms with Gasteiger partial charge in [-0.3, -0.25) is 14.9 Å². The number of aryl methyl sites for hydroxylation is 3. The molecule has 0 radical (unpaired) electrons. The summed E-state index contributed by atoms with van der Waals surface area (Å²) in [4.78, 5) is 11.9. The molecule has 1 amide bonds. The highest BCUT2D eigenvalue weighted by Crippen LogP contribution is 2.08. The van der Waals surface area contributed by atoms with Crippen molar-refractivity contribution in [2.75, 3.05) is 11.2 Å². The molecule has 0 saturated heterocycles. The largest absolute Gasteiger partial charge is 0.399 e. The number of hydrogen-bond acceptors (Lipinski definition) is 2. The zero-order valence-electron chi connectivity index (χ0n) is 11.3. The van der Waals surface area contributed by atoms with E-state index in [1.165, 1.54) is 0 Å². The van der Waals surface area contributed by atoms with E-state index in [9.17, 15) is 4.79 Å². The van der Waals surface area contributed by atoms with E-state index in [1.54, 1.807) is 0 Å². The average Bonchev–Trinajstić information content (AvgIpc) is 2.70. The quantitative estimate of drug-likeness (QED) is 0.826. The predicted octanol–water partition coefficient (Wildman–Crippen LogP) is 2.39. The van der Waals surface area contributed by atoms with Crippen LogP contribution in [0.25, 0.3) is 0 Å². The molecule has 0 aliphatic heterocycles. The van der Waals surface area contributed by atoms with E-state index in [0.717, 1.165) is 22.6 Å². The van der Waals surface area contributed by atoms with Gasteiger partial charge in [-0.15, -0.1) is 0 Å². The fourth-order valence-electron chi connectivity index (χ4n) is 1.97. The molecule has 2 rings (SSSR count). The van der Waals surface area contributed by atoms with Crippen molar-refractivity contribution in [3.8, 4) is 0 Å². The summed E-state index contributed by atoms with van der Waals surface area (Å²) in [5.74, 6) is 0.0132. The lowest BCUT2D eigenvalue weighted by molar-refractivity contribution is -0.117. The number of nitrogen functional groups attached to an aromatic ring is 1. The van der Waals surface area contributed by atoms with Crippen LogP contribution in [0.2, 0.25) is 0 Å². The molecule has 3 N–H and O–H groups in total. The van der Waals surface area contributed by atoms with Gasteiger partial charge in [0.05, 0.1) is 0 Å². The van der Waals surface area contributed by atoms with Crippen LogP contribution >= 0.6 is 0 Å². The van der Waals surface area contributed by atoms with E-state index in [2.05, 4.69) is 5.43 Å². The van der Waals surface area contributed by atoms with Gasteiger partial charge in [0.25, 0.3) is 0 Å². The van der Waals surface area contributed by atoms with Gasteiger partial charge in [0.15, 0.2) is 0 Å². The molecule has 0 unspecified atom stereocenters. The lowest BCUT2D eigenvalue weighted by Crippen LogP contribution is -2.24. The van der Waals surface area contributed by atoms with Crippen molar-refractivity contribution in [2.24, 2.45) is 0 Å². The first kappa shape index (κ1) is 13.2. The minimum atomic E-state index is 0.0132. The Balaban J connectivity index is 1.90. The summed E-state index contributed by atoms with van der Waals surface area (Å²) in [5.41, 5.74) is 12.4. The minimum absolute atomic E-state index is 0.0132. The summed E-state index contributed by atoms with van der Waals surface area (Å²) in [6.45, 7) is 3.93. The van der Waals surface area contributed by atoms with Crippen LogP contribution in [-0.2, 0) is 11.2 Å². The maximum atomic E-state index is 11.9. The minimum Gasteiger partial charge on any atom is -0.399 e. The highest BCUT2D eigenvalue weighted by atomic mass is 16.2. The first-order valence-corrected chi connectivity index (χ1v) is 6.35. The van der Waals surface area contributed by atoms with E-state index in [4.69, 9.17) is 5.73 Å². The molecule has 0 spiro atoms. The van der Waals surface area contributed by atoms with Gasteiger partial charge < -0.3 is 5.73 Å². The van der Waals surface area contributed by atoms with Crippen molar-refractivity contribution in [1.29, 1.82) is 0 Å². The second-order valence-electron chi connectivity index (χ2n) is 4.73. The Labute approximate surface area is 113 Å². The van der Waals surface area contributed by atoms with Crippen LogP contribution in [0.15, 0.2) is 36.4 Å². The molecule has 0 atom stereocenters. The lowest BCUT2D eigenvalue weighted by Gasteiger charge is -2.11. The number of hydrogen-bond donors (Lipinski definition) is 2. The monoisotopic (exact) mass is 257 g/mol. The van der Waals surface area contributed by atoms with Crippen molar-refractivity contribution >= 4 is 11.6 Å². The smallest absolute Gasteiger partial charge is 0.239 e. The normalized spacial score (nSPS) is 10.4. The van der Waals surface area contributed by atoms with Gasteiger partial charge in [0, 0.05) is 23.5 Å². The van der Waals surface area contributed by atoms with E-state index in [0.29, 0.717) is 12.8 Å². The number of aromatic nitrogens is 1. The van der Waals surface area contributed by atoms with Crippen LogP contribution < -0.4 is 11.2 Å². The zero-order valence-corrected chi connectivity index (χ0v) is 11.3. The molecule has 0 aliphatic rings. The van der Waals surface area contributed by atoms with Crippen molar-refractivity contribution in [1.82, 2.24) is 4.68 Å².